The number of benzene rings is 3. The van der Waals surface area contributed by atoms with Gasteiger partial charge in [0.25, 0.3) is 11.1 Å². The summed E-state index contributed by atoms with van der Waals surface area (Å²) in [6.45, 7) is 1.86. The summed E-state index contributed by atoms with van der Waals surface area (Å²) in [4.78, 5) is 16.4. The van der Waals surface area contributed by atoms with Crippen LogP contribution >= 0.6 is 11.8 Å². The predicted molar refractivity (Wildman–Crippen MR) is 126 cm³/mol. The maximum absolute atomic E-state index is 12.6. The monoisotopic (exact) mass is 481 g/mol. The van der Waals surface area contributed by atoms with E-state index in [2.05, 4.69) is 15.5 Å². The Balaban J connectivity index is 1.37. The molecule has 0 bridgehead atoms. The van der Waals surface area contributed by atoms with E-state index in [1.807, 2.05) is 25.1 Å². The molecule has 1 amide bonds. The molecule has 1 aromatic heterocycles. The number of hydrogen-bond donors (Lipinski definition) is 1. The number of oxazole rings is 1. The van der Waals surface area contributed by atoms with Crippen LogP contribution in [0.1, 0.15) is 11.1 Å². The summed E-state index contributed by atoms with van der Waals surface area (Å²) in [5.41, 5.74) is 5.09. The van der Waals surface area contributed by atoms with Crippen molar-refractivity contribution in [3.8, 4) is 5.75 Å². The van der Waals surface area contributed by atoms with E-state index in [1.54, 1.807) is 36.4 Å². The maximum atomic E-state index is 12.6. The Morgan fingerprint density at radius 1 is 1.09 bits per heavy atom. The van der Waals surface area contributed by atoms with Crippen LogP contribution in [0.25, 0.3) is 11.1 Å². The number of carbonyl (C=O) groups is 1. The van der Waals surface area contributed by atoms with Gasteiger partial charge in [0.2, 0.25) is 0 Å². The molecule has 10 heteroatoms. The fourth-order valence-corrected chi connectivity index (χ4v) is 4.37. The van der Waals surface area contributed by atoms with Crippen molar-refractivity contribution >= 4 is 45.1 Å². The summed E-state index contributed by atoms with van der Waals surface area (Å²) in [5, 5.41) is 4.29. The number of aromatic nitrogens is 1. The number of fused-ring (bicyclic) bond motifs is 1. The molecule has 3 aromatic carbocycles. The minimum absolute atomic E-state index is 0.0457. The van der Waals surface area contributed by atoms with Gasteiger partial charge in [0.15, 0.2) is 11.3 Å². The van der Waals surface area contributed by atoms with Crippen LogP contribution in [-0.2, 0) is 14.9 Å². The highest BCUT2D eigenvalue weighted by atomic mass is 32.2. The normalized spacial score (nSPS) is 11.7. The largest absolute Gasteiger partial charge is 0.431 e. The molecule has 33 heavy (non-hydrogen) atoms. The van der Waals surface area contributed by atoms with Crippen molar-refractivity contribution in [1.29, 1.82) is 0 Å². The zero-order valence-electron chi connectivity index (χ0n) is 17.5. The molecule has 4 aromatic rings. The number of amides is 1. The third-order valence-corrected chi connectivity index (χ3v) is 6.50. The second kappa shape index (κ2) is 9.88. The van der Waals surface area contributed by atoms with Crippen LogP contribution in [0.4, 0.5) is 0 Å². The molecule has 0 radical (unpaired) electrons. The molecule has 0 aliphatic rings. The molecule has 4 rings (SSSR count). The molecule has 8 nitrogen and oxygen atoms in total. The number of aryl methyl sites for hydroxylation is 1. The standard InChI is InChI=1S/C23H19N3O5S2/c1-16-10-12-18(13-11-16)33(28,29)31-20-8-4-2-6-17(20)14-24-26-22(27)15-32-23-25-19-7-3-5-9-21(19)30-23/h2-14H,15H2,1H3,(H,26,27)/b24-14-. The van der Waals surface area contributed by atoms with Crippen LogP contribution < -0.4 is 9.61 Å². The van der Waals surface area contributed by atoms with Gasteiger partial charge in [-0.05, 0) is 43.3 Å². The summed E-state index contributed by atoms with van der Waals surface area (Å²) in [5.74, 6) is -0.231. The molecular formula is C23H19N3O5S2. The molecule has 1 N–H and O–H groups in total. The first-order valence-electron chi connectivity index (χ1n) is 9.81. The smallest absolute Gasteiger partial charge is 0.339 e. The van der Waals surface area contributed by atoms with Crippen molar-refractivity contribution in [2.75, 3.05) is 5.75 Å². The van der Waals surface area contributed by atoms with Crippen molar-refractivity contribution in [2.45, 2.75) is 17.0 Å². The van der Waals surface area contributed by atoms with Gasteiger partial charge in [-0.25, -0.2) is 10.4 Å². The highest BCUT2D eigenvalue weighted by molar-refractivity contribution is 7.99. The molecule has 1 heterocycles. The molecule has 0 atom stereocenters. The van der Waals surface area contributed by atoms with E-state index in [9.17, 15) is 13.2 Å². The summed E-state index contributed by atoms with van der Waals surface area (Å²) in [6, 6.07) is 20.2. The fraction of sp³-hybridized carbons (Fsp3) is 0.0870. The maximum Gasteiger partial charge on any atom is 0.339 e. The number of carbonyl (C=O) groups excluding carboxylic acids is 1. The van der Waals surface area contributed by atoms with E-state index in [0.717, 1.165) is 22.8 Å². The van der Waals surface area contributed by atoms with Gasteiger partial charge in [0.1, 0.15) is 10.4 Å². The second-order valence-corrected chi connectivity index (χ2v) is 9.39. The number of hydrogen-bond acceptors (Lipinski definition) is 8. The first-order valence-corrected chi connectivity index (χ1v) is 12.2. The van der Waals surface area contributed by atoms with Crippen LogP contribution in [-0.4, -0.2) is 31.3 Å². The highest BCUT2D eigenvalue weighted by Gasteiger charge is 2.18. The van der Waals surface area contributed by atoms with Gasteiger partial charge < -0.3 is 8.60 Å². The number of hydrazone groups is 1. The third kappa shape index (κ3) is 5.79. The molecule has 0 unspecified atom stereocenters. The molecule has 0 saturated heterocycles. The Morgan fingerprint density at radius 2 is 1.82 bits per heavy atom. The minimum Gasteiger partial charge on any atom is -0.431 e. The molecule has 0 saturated carbocycles. The molecule has 168 valence electrons. The minimum atomic E-state index is -4.01. The van der Waals surface area contributed by atoms with Crippen LogP contribution in [0.3, 0.4) is 0 Å². The van der Waals surface area contributed by atoms with E-state index >= 15 is 0 Å². The Bertz CT molecular complexity index is 1380. The van der Waals surface area contributed by atoms with Gasteiger partial charge in [0, 0.05) is 5.56 Å². The third-order valence-electron chi connectivity index (χ3n) is 4.42. The van der Waals surface area contributed by atoms with E-state index in [0.29, 0.717) is 16.4 Å². The van der Waals surface area contributed by atoms with Gasteiger partial charge in [0.05, 0.1) is 12.0 Å². The van der Waals surface area contributed by atoms with Crippen LogP contribution in [0, 0.1) is 6.92 Å². The summed E-state index contributed by atoms with van der Waals surface area (Å²) in [7, 11) is -4.01. The number of nitrogens with zero attached hydrogens (tertiary/aromatic N) is 2. The van der Waals surface area contributed by atoms with Crippen LogP contribution in [0.2, 0.25) is 0 Å². The van der Waals surface area contributed by atoms with Gasteiger partial charge in [-0.1, -0.05) is 53.7 Å². The molecule has 0 spiro atoms. The molecule has 0 aliphatic carbocycles. The van der Waals surface area contributed by atoms with E-state index in [4.69, 9.17) is 8.60 Å². The van der Waals surface area contributed by atoms with E-state index in [-0.39, 0.29) is 22.3 Å². The average Bonchev–Trinajstić information content (AvgIpc) is 3.22. The topological polar surface area (TPSA) is 111 Å². The first-order chi connectivity index (χ1) is 15.9. The van der Waals surface area contributed by atoms with Crippen molar-refractivity contribution in [3.63, 3.8) is 0 Å². The Labute approximate surface area is 194 Å². The highest BCUT2D eigenvalue weighted by Crippen LogP contribution is 2.23. The van der Waals surface area contributed by atoms with E-state index < -0.39 is 10.1 Å². The molecule has 0 aliphatic heterocycles. The van der Waals surface area contributed by atoms with Gasteiger partial charge in [-0.15, -0.1) is 0 Å². The molecular weight excluding hydrogens is 462 g/mol. The predicted octanol–water partition coefficient (Wildman–Crippen LogP) is 4.15. The summed E-state index contributed by atoms with van der Waals surface area (Å²) < 4.78 is 36.0. The Kier molecular flexibility index (Phi) is 6.76. The lowest BCUT2D eigenvalue weighted by molar-refractivity contribution is -0.118. The quantitative estimate of drug-likeness (QED) is 0.174. The van der Waals surface area contributed by atoms with Crippen LogP contribution in [0.5, 0.6) is 5.75 Å². The van der Waals surface area contributed by atoms with Gasteiger partial charge in [-0.2, -0.15) is 13.5 Å². The Hall–Kier alpha value is -3.63. The van der Waals surface area contributed by atoms with Crippen molar-refractivity contribution in [1.82, 2.24) is 10.4 Å². The number of thioether (sulfide) groups is 1. The summed E-state index contributed by atoms with van der Waals surface area (Å²) >= 11 is 1.14. The van der Waals surface area contributed by atoms with Crippen molar-refractivity contribution < 1.29 is 21.8 Å². The number of nitrogens with one attached hydrogen (secondary N) is 1. The zero-order chi connectivity index (χ0) is 23.3. The summed E-state index contributed by atoms with van der Waals surface area (Å²) in [6.07, 6.45) is 1.32. The second-order valence-electron chi connectivity index (χ2n) is 6.92. The first kappa shape index (κ1) is 22.6. The fourth-order valence-electron chi connectivity index (χ4n) is 2.78. The van der Waals surface area contributed by atoms with Gasteiger partial charge >= 0.3 is 10.1 Å². The SMILES string of the molecule is Cc1ccc(S(=O)(=O)Oc2ccccc2/C=N\NC(=O)CSc2nc3ccccc3o2)cc1. The lowest BCUT2D eigenvalue weighted by Crippen LogP contribution is -2.19. The van der Waals surface area contributed by atoms with Crippen LogP contribution in [0.15, 0.2) is 92.4 Å². The van der Waals surface area contributed by atoms with Crippen molar-refractivity contribution in [3.05, 3.63) is 83.9 Å². The van der Waals surface area contributed by atoms with Crippen molar-refractivity contribution in [2.24, 2.45) is 5.10 Å². The Morgan fingerprint density at radius 3 is 2.61 bits per heavy atom. The molecule has 0 fully saturated rings. The van der Waals surface area contributed by atoms with E-state index in [1.165, 1.54) is 24.4 Å². The lowest BCUT2D eigenvalue weighted by Gasteiger charge is -2.09. The number of para-hydroxylation sites is 3. The zero-order valence-corrected chi connectivity index (χ0v) is 19.1. The van der Waals surface area contributed by atoms with Gasteiger partial charge in [-0.3, -0.25) is 4.79 Å². The average molecular weight is 482 g/mol. The lowest BCUT2D eigenvalue weighted by atomic mass is 10.2. The number of rotatable bonds is 8.